The van der Waals surface area contributed by atoms with Crippen LogP contribution < -0.4 is 11.5 Å². The van der Waals surface area contributed by atoms with E-state index in [1.54, 1.807) is 18.2 Å². The average molecular weight is 196 g/mol. The highest BCUT2D eigenvalue weighted by Crippen LogP contribution is 2.20. The molecule has 4 nitrogen and oxygen atoms in total. The van der Waals surface area contributed by atoms with Crippen molar-refractivity contribution >= 4 is 5.69 Å². The predicted molar refractivity (Wildman–Crippen MR) is 55.6 cm³/mol. The molecule has 1 aromatic carbocycles. The summed E-state index contributed by atoms with van der Waals surface area (Å²) in [6.45, 7) is 1.90. The molecule has 0 amide bonds. The maximum Gasteiger partial charge on any atom is 0.106 e. The van der Waals surface area contributed by atoms with Gasteiger partial charge in [0.05, 0.1) is 6.10 Å². The van der Waals surface area contributed by atoms with Crippen molar-refractivity contribution in [1.82, 2.24) is 0 Å². The molecule has 14 heavy (non-hydrogen) atoms. The van der Waals surface area contributed by atoms with E-state index >= 15 is 0 Å². The minimum atomic E-state index is -0.970. The van der Waals surface area contributed by atoms with Crippen LogP contribution in [0.3, 0.4) is 0 Å². The third-order valence-corrected chi connectivity index (χ3v) is 2.07. The Morgan fingerprint density at radius 3 is 2.43 bits per heavy atom. The van der Waals surface area contributed by atoms with E-state index in [1.807, 2.05) is 6.92 Å². The molecule has 0 aromatic heterocycles. The standard InChI is InChI=1S/C10H16N2O2/c1-6-2-7(4-8(12)3-6)10(14)9(13)5-11/h2-4,9-10,13-14H,5,11-12H2,1H3. The molecule has 0 fully saturated rings. The number of anilines is 1. The number of aryl methyl sites for hydroxylation is 1. The quantitative estimate of drug-likeness (QED) is 0.509. The lowest BCUT2D eigenvalue weighted by atomic mass is 10.0. The van der Waals surface area contributed by atoms with Crippen molar-refractivity contribution in [2.75, 3.05) is 12.3 Å². The van der Waals surface area contributed by atoms with Crippen LogP contribution in [0.5, 0.6) is 0 Å². The molecule has 0 saturated carbocycles. The molecule has 0 radical (unpaired) electrons. The Bertz CT molecular complexity index is 295. The first-order chi connectivity index (χ1) is 6.54. The van der Waals surface area contributed by atoms with Crippen molar-refractivity contribution < 1.29 is 10.2 Å². The highest BCUT2D eigenvalue weighted by atomic mass is 16.3. The first-order valence-electron chi connectivity index (χ1n) is 4.48. The van der Waals surface area contributed by atoms with Gasteiger partial charge in [0.15, 0.2) is 0 Å². The Kier molecular flexibility index (Phi) is 3.46. The summed E-state index contributed by atoms with van der Waals surface area (Å²) in [7, 11) is 0. The van der Waals surface area contributed by atoms with Gasteiger partial charge in [-0.05, 0) is 30.2 Å². The molecule has 0 saturated heterocycles. The molecule has 1 aromatic rings. The summed E-state index contributed by atoms with van der Waals surface area (Å²) in [5.41, 5.74) is 13.0. The van der Waals surface area contributed by atoms with E-state index in [0.29, 0.717) is 11.3 Å². The normalized spacial score (nSPS) is 15.1. The van der Waals surface area contributed by atoms with Crippen LogP contribution in [0.15, 0.2) is 18.2 Å². The van der Waals surface area contributed by atoms with Crippen molar-refractivity contribution in [3.8, 4) is 0 Å². The second-order valence-corrected chi connectivity index (χ2v) is 3.42. The number of hydrogen-bond acceptors (Lipinski definition) is 4. The summed E-state index contributed by atoms with van der Waals surface area (Å²) in [6.07, 6.45) is -1.92. The van der Waals surface area contributed by atoms with Gasteiger partial charge in [-0.15, -0.1) is 0 Å². The fraction of sp³-hybridized carbons (Fsp3) is 0.400. The lowest BCUT2D eigenvalue weighted by molar-refractivity contribution is 0.0243. The van der Waals surface area contributed by atoms with Gasteiger partial charge in [-0.3, -0.25) is 0 Å². The molecule has 78 valence electrons. The Labute approximate surface area is 83.2 Å². The highest BCUT2D eigenvalue weighted by Gasteiger charge is 2.16. The third kappa shape index (κ3) is 2.45. The number of benzene rings is 1. The summed E-state index contributed by atoms with van der Waals surface area (Å²) < 4.78 is 0. The molecule has 0 spiro atoms. The fourth-order valence-corrected chi connectivity index (χ4v) is 1.37. The van der Waals surface area contributed by atoms with Crippen molar-refractivity contribution in [2.45, 2.75) is 19.1 Å². The second-order valence-electron chi connectivity index (χ2n) is 3.42. The summed E-state index contributed by atoms with van der Waals surface area (Å²) >= 11 is 0. The van der Waals surface area contributed by atoms with E-state index in [0.717, 1.165) is 5.56 Å². The Morgan fingerprint density at radius 2 is 1.93 bits per heavy atom. The van der Waals surface area contributed by atoms with Gasteiger partial charge in [-0.25, -0.2) is 0 Å². The van der Waals surface area contributed by atoms with Gasteiger partial charge in [0.1, 0.15) is 6.10 Å². The lowest BCUT2D eigenvalue weighted by Gasteiger charge is -2.17. The van der Waals surface area contributed by atoms with E-state index in [2.05, 4.69) is 0 Å². The van der Waals surface area contributed by atoms with Gasteiger partial charge in [0.2, 0.25) is 0 Å². The van der Waals surface area contributed by atoms with Crippen molar-refractivity contribution in [3.63, 3.8) is 0 Å². The zero-order valence-corrected chi connectivity index (χ0v) is 8.14. The maximum atomic E-state index is 9.65. The van der Waals surface area contributed by atoms with Gasteiger partial charge in [-0.1, -0.05) is 6.07 Å². The van der Waals surface area contributed by atoms with Crippen LogP contribution in [0.25, 0.3) is 0 Å². The molecular weight excluding hydrogens is 180 g/mol. The molecule has 0 heterocycles. The summed E-state index contributed by atoms with van der Waals surface area (Å²) in [5.74, 6) is 0. The number of rotatable bonds is 3. The molecular formula is C10H16N2O2. The van der Waals surface area contributed by atoms with E-state index in [4.69, 9.17) is 11.5 Å². The van der Waals surface area contributed by atoms with E-state index in [9.17, 15) is 10.2 Å². The van der Waals surface area contributed by atoms with Crippen LogP contribution in [0.4, 0.5) is 5.69 Å². The Hall–Kier alpha value is -1.10. The summed E-state index contributed by atoms with van der Waals surface area (Å²) in [4.78, 5) is 0. The molecule has 2 unspecified atom stereocenters. The summed E-state index contributed by atoms with van der Waals surface area (Å²) in [5, 5.41) is 19.0. The first-order valence-corrected chi connectivity index (χ1v) is 4.48. The Balaban J connectivity index is 2.94. The van der Waals surface area contributed by atoms with Crippen LogP contribution >= 0.6 is 0 Å². The zero-order valence-electron chi connectivity index (χ0n) is 8.14. The van der Waals surface area contributed by atoms with Crippen LogP contribution in [-0.2, 0) is 0 Å². The number of nitrogens with two attached hydrogens (primary N) is 2. The monoisotopic (exact) mass is 196 g/mol. The number of aliphatic hydroxyl groups is 2. The first kappa shape index (κ1) is 11.0. The number of hydrogen-bond donors (Lipinski definition) is 4. The zero-order chi connectivity index (χ0) is 10.7. The fourth-order valence-electron chi connectivity index (χ4n) is 1.37. The highest BCUT2D eigenvalue weighted by molar-refractivity contribution is 5.45. The van der Waals surface area contributed by atoms with Crippen molar-refractivity contribution in [2.24, 2.45) is 5.73 Å². The topological polar surface area (TPSA) is 92.5 Å². The van der Waals surface area contributed by atoms with Gasteiger partial charge in [0, 0.05) is 12.2 Å². The molecule has 1 rings (SSSR count). The van der Waals surface area contributed by atoms with Crippen molar-refractivity contribution in [1.29, 1.82) is 0 Å². The van der Waals surface area contributed by atoms with Crippen LogP contribution in [0.2, 0.25) is 0 Å². The van der Waals surface area contributed by atoms with Gasteiger partial charge >= 0.3 is 0 Å². The summed E-state index contributed by atoms with van der Waals surface area (Å²) in [6, 6.07) is 5.21. The molecule has 0 aliphatic heterocycles. The van der Waals surface area contributed by atoms with E-state index in [1.165, 1.54) is 0 Å². The number of aliphatic hydroxyl groups excluding tert-OH is 2. The predicted octanol–water partition coefficient (Wildman–Crippen LogP) is -0.0698. The number of nitrogen functional groups attached to an aromatic ring is 1. The second kappa shape index (κ2) is 4.41. The third-order valence-electron chi connectivity index (χ3n) is 2.07. The minimum absolute atomic E-state index is 0.0228. The van der Waals surface area contributed by atoms with Crippen molar-refractivity contribution in [3.05, 3.63) is 29.3 Å². The molecule has 0 aliphatic rings. The lowest BCUT2D eigenvalue weighted by Crippen LogP contribution is -2.27. The molecule has 0 bridgehead atoms. The van der Waals surface area contributed by atoms with E-state index < -0.39 is 12.2 Å². The SMILES string of the molecule is Cc1cc(N)cc(C(O)C(O)CN)c1. The van der Waals surface area contributed by atoms with Crippen LogP contribution in [0, 0.1) is 6.92 Å². The van der Waals surface area contributed by atoms with Gasteiger partial charge < -0.3 is 21.7 Å². The maximum absolute atomic E-state index is 9.65. The molecule has 2 atom stereocenters. The van der Waals surface area contributed by atoms with E-state index in [-0.39, 0.29) is 6.54 Å². The minimum Gasteiger partial charge on any atom is -0.399 e. The van der Waals surface area contributed by atoms with Gasteiger partial charge in [0.25, 0.3) is 0 Å². The smallest absolute Gasteiger partial charge is 0.106 e. The van der Waals surface area contributed by atoms with Crippen LogP contribution in [0.1, 0.15) is 17.2 Å². The molecule has 4 heteroatoms. The van der Waals surface area contributed by atoms with Crippen LogP contribution in [-0.4, -0.2) is 22.9 Å². The average Bonchev–Trinajstić information content (AvgIpc) is 2.14. The largest absolute Gasteiger partial charge is 0.399 e. The Morgan fingerprint density at radius 1 is 1.29 bits per heavy atom. The molecule has 0 aliphatic carbocycles. The van der Waals surface area contributed by atoms with Gasteiger partial charge in [-0.2, -0.15) is 0 Å². The molecule has 6 N–H and O–H groups in total.